The van der Waals surface area contributed by atoms with E-state index in [1.165, 1.54) is 0 Å². The highest BCUT2D eigenvalue weighted by Gasteiger charge is 2.22. The van der Waals surface area contributed by atoms with Crippen LogP contribution in [0.4, 0.5) is 5.69 Å². The van der Waals surface area contributed by atoms with Crippen LogP contribution in [0.2, 0.25) is 0 Å². The third-order valence-corrected chi connectivity index (χ3v) is 5.16. The molecule has 0 unspecified atom stereocenters. The number of hydrogen-bond acceptors (Lipinski definition) is 6. The molecule has 0 fully saturated rings. The van der Waals surface area contributed by atoms with Gasteiger partial charge in [0.1, 0.15) is 13.2 Å². The first kappa shape index (κ1) is 21.1. The Morgan fingerprint density at radius 2 is 1.90 bits per heavy atom. The van der Waals surface area contributed by atoms with E-state index in [9.17, 15) is 9.59 Å². The molecule has 1 aromatic carbocycles. The van der Waals surface area contributed by atoms with Crippen molar-refractivity contribution >= 4 is 28.8 Å². The number of ether oxygens (including phenoxy) is 2. The summed E-state index contributed by atoms with van der Waals surface area (Å²) in [7, 11) is 1.77. The molecular formula is C21H27N3O4S. The summed E-state index contributed by atoms with van der Waals surface area (Å²) in [6.45, 7) is 5.59. The quantitative estimate of drug-likeness (QED) is 0.715. The van der Waals surface area contributed by atoms with Crippen LogP contribution in [-0.2, 0) is 16.1 Å². The Labute approximate surface area is 175 Å². The van der Waals surface area contributed by atoms with Crippen LogP contribution >= 0.6 is 11.3 Å². The fourth-order valence-electron chi connectivity index (χ4n) is 3.07. The van der Waals surface area contributed by atoms with Crippen molar-refractivity contribution in [3.63, 3.8) is 0 Å². The molecule has 0 radical (unpaired) electrons. The van der Waals surface area contributed by atoms with E-state index in [0.717, 1.165) is 10.6 Å². The summed E-state index contributed by atoms with van der Waals surface area (Å²) in [5.74, 6) is 1.14. The number of fused-ring (bicyclic) bond motifs is 1. The summed E-state index contributed by atoms with van der Waals surface area (Å²) in [6.07, 6.45) is 0. The second-order valence-corrected chi connectivity index (χ2v) is 8.31. The van der Waals surface area contributed by atoms with E-state index < -0.39 is 0 Å². The maximum absolute atomic E-state index is 13.1. The van der Waals surface area contributed by atoms with Gasteiger partial charge >= 0.3 is 0 Å². The zero-order chi connectivity index (χ0) is 20.8. The maximum Gasteiger partial charge on any atom is 0.241 e. The monoisotopic (exact) mass is 417 g/mol. The average molecular weight is 418 g/mol. The largest absolute Gasteiger partial charge is 0.486 e. The van der Waals surface area contributed by atoms with Gasteiger partial charge in [0, 0.05) is 22.7 Å². The lowest BCUT2D eigenvalue weighted by atomic mass is 10.2. The molecule has 1 aliphatic heterocycles. The molecular weight excluding hydrogens is 390 g/mol. The van der Waals surface area contributed by atoms with Gasteiger partial charge in [0.15, 0.2) is 11.5 Å². The van der Waals surface area contributed by atoms with Crippen LogP contribution in [-0.4, -0.2) is 56.1 Å². The van der Waals surface area contributed by atoms with Crippen LogP contribution in [0.5, 0.6) is 11.5 Å². The lowest BCUT2D eigenvalue weighted by Gasteiger charge is -2.27. The van der Waals surface area contributed by atoms with Crippen LogP contribution in [0, 0.1) is 0 Å². The third-order valence-electron chi connectivity index (χ3n) is 4.30. The van der Waals surface area contributed by atoms with Crippen LogP contribution in [0.3, 0.4) is 0 Å². The van der Waals surface area contributed by atoms with Crippen LogP contribution in [0.25, 0.3) is 0 Å². The van der Waals surface area contributed by atoms with Crippen molar-refractivity contribution in [2.45, 2.75) is 26.4 Å². The summed E-state index contributed by atoms with van der Waals surface area (Å²) in [5.41, 5.74) is 0.743. The molecule has 0 saturated carbocycles. The van der Waals surface area contributed by atoms with Gasteiger partial charge in [-0.2, -0.15) is 0 Å². The zero-order valence-electron chi connectivity index (χ0n) is 17.0. The number of anilines is 1. The fraction of sp³-hybridized carbons (Fsp3) is 0.429. The molecule has 29 heavy (non-hydrogen) atoms. The van der Waals surface area contributed by atoms with Crippen molar-refractivity contribution < 1.29 is 19.1 Å². The summed E-state index contributed by atoms with van der Waals surface area (Å²) >= 11 is 1.60. The Hall–Kier alpha value is -2.58. The Balaban J connectivity index is 1.74. The molecule has 0 saturated heterocycles. The highest BCUT2D eigenvalue weighted by molar-refractivity contribution is 7.09. The van der Waals surface area contributed by atoms with Crippen LogP contribution < -0.4 is 19.7 Å². The van der Waals surface area contributed by atoms with Crippen LogP contribution in [0.1, 0.15) is 18.7 Å². The molecule has 0 aliphatic carbocycles. The number of carbonyl (C=O) groups excluding carboxylic acids is 2. The highest BCUT2D eigenvalue weighted by atomic mass is 32.1. The minimum absolute atomic E-state index is 0.0691. The van der Waals surface area contributed by atoms with Gasteiger partial charge in [-0.05, 0) is 44.5 Å². The number of benzene rings is 1. The molecule has 2 amide bonds. The van der Waals surface area contributed by atoms with Gasteiger partial charge in [-0.1, -0.05) is 6.07 Å². The molecule has 0 bridgehead atoms. The van der Waals surface area contributed by atoms with Crippen LogP contribution in [0.15, 0.2) is 35.7 Å². The topological polar surface area (TPSA) is 71.1 Å². The predicted molar refractivity (Wildman–Crippen MR) is 114 cm³/mol. The highest BCUT2D eigenvalue weighted by Crippen LogP contribution is 2.34. The minimum atomic E-state index is -0.0977. The number of amides is 2. The zero-order valence-corrected chi connectivity index (χ0v) is 17.8. The smallest absolute Gasteiger partial charge is 0.241 e. The molecule has 7 nitrogen and oxygen atoms in total. The fourth-order valence-corrected chi connectivity index (χ4v) is 3.76. The Morgan fingerprint density at radius 3 is 2.59 bits per heavy atom. The number of hydrogen-bond donors (Lipinski definition) is 1. The Bertz CT molecular complexity index is 838. The summed E-state index contributed by atoms with van der Waals surface area (Å²) in [5, 5.41) is 4.83. The minimum Gasteiger partial charge on any atom is -0.486 e. The normalized spacial score (nSPS) is 12.9. The second kappa shape index (κ2) is 9.76. The van der Waals surface area contributed by atoms with Gasteiger partial charge in [-0.25, -0.2) is 0 Å². The van der Waals surface area contributed by atoms with Gasteiger partial charge in [0.2, 0.25) is 11.8 Å². The van der Waals surface area contributed by atoms with E-state index in [-0.39, 0.29) is 30.9 Å². The molecule has 0 spiro atoms. The molecule has 1 aliphatic rings. The van der Waals surface area contributed by atoms with Crippen molar-refractivity contribution in [2.24, 2.45) is 0 Å². The first-order chi connectivity index (χ1) is 13.9. The number of nitrogens with one attached hydrogen (secondary N) is 1. The van der Waals surface area contributed by atoms with Crippen molar-refractivity contribution in [3.8, 4) is 11.5 Å². The van der Waals surface area contributed by atoms with E-state index in [1.54, 1.807) is 28.2 Å². The number of thiophene rings is 1. The first-order valence-electron chi connectivity index (χ1n) is 9.62. The van der Waals surface area contributed by atoms with E-state index in [0.29, 0.717) is 31.3 Å². The molecule has 8 heteroatoms. The molecule has 2 aromatic rings. The molecule has 1 aromatic heterocycles. The summed E-state index contributed by atoms with van der Waals surface area (Å²) < 4.78 is 11.3. The van der Waals surface area contributed by atoms with E-state index >= 15 is 0 Å². The first-order valence-corrected chi connectivity index (χ1v) is 10.5. The van der Waals surface area contributed by atoms with Crippen molar-refractivity contribution in [2.75, 3.05) is 38.3 Å². The van der Waals surface area contributed by atoms with E-state index in [1.807, 2.05) is 49.6 Å². The summed E-state index contributed by atoms with van der Waals surface area (Å²) in [6, 6.07) is 9.57. The third kappa shape index (κ3) is 5.95. The SMILES string of the molecule is CC(C)NC(=O)CN(C)CC(=O)N(Cc1cccs1)c1ccc2c(c1)OCCO2. The molecule has 1 N–H and O–H groups in total. The van der Waals surface area contributed by atoms with Gasteiger partial charge < -0.3 is 19.7 Å². The predicted octanol–water partition coefficient (Wildman–Crippen LogP) is 2.51. The number of likely N-dealkylation sites (N-methyl/N-ethyl adjacent to an activating group) is 1. The summed E-state index contributed by atoms with van der Waals surface area (Å²) in [4.78, 5) is 29.7. The van der Waals surface area contributed by atoms with Gasteiger partial charge in [-0.3, -0.25) is 14.5 Å². The molecule has 0 atom stereocenters. The van der Waals surface area contributed by atoms with Crippen molar-refractivity contribution in [1.29, 1.82) is 0 Å². The van der Waals surface area contributed by atoms with Gasteiger partial charge in [-0.15, -0.1) is 11.3 Å². The van der Waals surface area contributed by atoms with Crippen molar-refractivity contribution in [3.05, 3.63) is 40.6 Å². The van der Waals surface area contributed by atoms with Gasteiger partial charge in [0.25, 0.3) is 0 Å². The second-order valence-electron chi connectivity index (χ2n) is 7.28. The standard InChI is InChI=1S/C21H27N3O4S/c1-15(2)22-20(25)13-23(3)14-21(26)24(12-17-5-4-10-29-17)16-6-7-18-19(11-16)28-9-8-27-18/h4-7,10-11,15H,8-9,12-14H2,1-3H3,(H,22,25). The Morgan fingerprint density at radius 1 is 1.14 bits per heavy atom. The maximum atomic E-state index is 13.1. The van der Waals surface area contributed by atoms with E-state index in [4.69, 9.17) is 9.47 Å². The lowest BCUT2D eigenvalue weighted by Crippen LogP contribution is -2.43. The number of rotatable bonds is 8. The van der Waals surface area contributed by atoms with Gasteiger partial charge in [0.05, 0.1) is 19.6 Å². The molecule has 156 valence electrons. The number of nitrogens with zero attached hydrogens (tertiary/aromatic N) is 2. The van der Waals surface area contributed by atoms with E-state index in [2.05, 4.69) is 5.32 Å². The van der Waals surface area contributed by atoms with Crippen molar-refractivity contribution in [1.82, 2.24) is 10.2 Å². The number of carbonyl (C=O) groups is 2. The Kier molecular flexibility index (Phi) is 7.11. The molecule has 2 heterocycles. The average Bonchev–Trinajstić information content (AvgIpc) is 3.18. The lowest BCUT2D eigenvalue weighted by molar-refractivity contribution is -0.123. The molecule has 3 rings (SSSR count).